The average Bonchev–Trinajstić information content (AvgIpc) is 3.10. The van der Waals surface area contributed by atoms with Gasteiger partial charge in [-0.2, -0.15) is 0 Å². The van der Waals surface area contributed by atoms with Crippen molar-refractivity contribution in [3.05, 3.63) is 23.9 Å². The van der Waals surface area contributed by atoms with Gasteiger partial charge in [0.15, 0.2) is 0 Å². The minimum Gasteiger partial charge on any atom is -0.369 e. The molecule has 1 heterocycles. The van der Waals surface area contributed by atoms with Gasteiger partial charge in [0, 0.05) is 19.3 Å². The number of hydrogen-bond donors (Lipinski definition) is 2. The third-order valence-corrected chi connectivity index (χ3v) is 3.40. The van der Waals surface area contributed by atoms with Gasteiger partial charge in [0.2, 0.25) is 0 Å². The maximum absolute atomic E-state index is 12.1. The summed E-state index contributed by atoms with van der Waals surface area (Å²) in [6, 6.07) is 3.61. The fourth-order valence-corrected chi connectivity index (χ4v) is 1.98. The van der Waals surface area contributed by atoms with E-state index in [0.29, 0.717) is 17.3 Å². The monoisotopic (exact) mass is 247 g/mol. The fraction of sp³-hybridized carbons (Fsp3) is 0.571. The van der Waals surface area contributed by atoms with Crippen LogP contribution in [0.2, 0.25) is 0 Å². The van der Waals surface area contributed by atoms with Crippen LogP contribution in [0.5, 0.6) is 0 Å². The lowest BCUT2D eigenvalue weighted by Gasteiger charge is -2.10. The van der Waals surface area contributed by atoms with E-state index in [1.165, 1.54) is 6.42 Å². The first-order valence-electron chi connectivity index (χ1n) is 6.69. The molecule has 98 valence electrons. The zero-order chi connectivity index (χ0) is 13.0. The summed E-state index contributed by atoms with van der Waals surface area (Å²) in [6.45, 7) is 5.92. The third kappa shape index (κ3) is 3.22. The molecule has 1 aromatic heterocycles. The highest BCUT2D eigenvalue weighted by Gasteiger charge is 2.32. The van der Waals surface area contributed by atoms with Gasteiger partial charge in [-0.3, -0.25) is 4.79 Å². The molecule has 0 aromatic carbocycles. The minimum absolute atomic E-state index is 0.0270. The lowest BCUT2D eigenvalue weighted by Crippen LogP contribution is -2.27. The maximum Gasteiger partial charge on any atom is 0.255 e. The first-order valence-corrected chi connectivity index (χ1v) is 6.69. The molecule has 0 bridgehead atoms. The Bertz CT molecular complexity index is 419. The largest absolute Gasteiger partial charge is 0.369 e. The SMILES string of the molecule is CCCNc1ncccc1C(=O)NCC1CC1C. The van der Waals surface area contributed by atoms with Gasteiger partial charge in [0.25, 0.3) is 5.91 Å². The predicted molar refractivity (Wildman–Crippen MR) is 72.6 cm³/mol. The van der Waals surface area contributed by atoms with Crippen molar-refractivity contribution in [1.29, 1.82) is 0 Å². The zero-order valence-electron chi connectivity index (χ0n) is 11.1. The van der Waals surface area contributed by atoms with E-state index in [1.807, 2.05) is 6.07 Å². The molecule has 4 nitrogen and oxygen atoms in total. The summed E-state index contributed by atoms with van der Waals surface area (Å²) in [5.41, 5.74) is 0.638. The van der Waals surface area contributed by atoms with E-state index in [2.05, 4.69) is 29.5 Å². The van der Waals surface area contributed by atoms with Crippen LogP contribution >= 0.6 is 0 Å². The number of aromatic nitrogens is 1. The second-order valence-electron chi connectivity index (χ2n) is 5.01. The van der Waals surface area contributed by atoms with Crippen LogP contribution in [0.1, 0.15) is 37.0 Å². The highest BCUT2D eigenvalue weighted by molar-refractivity contribution is 5.98. The van der Waals surface area contributed by atoms with Crippen molar-refractivity contribution in [2.75, 3.05) is 18.4 Å². The summed E-state index contributed by atoms with van der Waals surface area (Å²) in [5.74, 6) is 2.08. The standard InChI is InChI=1S/C14H21N3O/c1-3-6-15-13-12(5-4-7-16-13)14(18)17-9-11-8-10(11)2/h4-5,7,10-11H,3,6,8-9H2,1-2H3,(H,15,16)(H,17,18). The average molecular weight is 247 g/mol. The predicted octanol–water partition coefficient (Wildman–Crippen LogP) is 2.29. The summed E-state index contributed by atoms with van der Waals surface area (Å²) in [4.78, 5) is 16.3. The van der Waals surface area contributed by atoms with Crippen molar-refractivity contribution in [2.45, 2.75) is 26.7 Å². The van der Waals surface area contributed by atoms with E-state index >= 15 is 0 Å². The Hall–Kier alpha value is -1.58. The van der Waals surface area contributed by atoms with Crippen molar-refractivity contribution < 1.29 is 4.79 Å². The molecule has 2 N–H and O–H groups in total. The topological polar surface area (TPSA) is 54.0 Å². The van der Waals surface area contributed by atoms with Gasteiger partial charge >= 0.3 is 0 Å². The van der Waals surface area contributed by atoms with Crippen LogP contribution in [-0.4, -0.2) is 24.0 Å². The number of nitrogens with zero attached hydrogens (tertiary/aromatic N) is 1. The third-order valence-electron chi connectivity index (χ3n) is 3.40. The van der Waals surface area contributed by atoms with Crippen LogP contribution in [0.3, 0.4) is 0 Å². The highest BCUT2D eigenvalue weighted by atomic mass is 16.1. The van der Waals surface area contributed by atoms with Crippen LogP contribution in [0.25, 0.3) is 0 Å². The van der Waals surface area contributed by atoms with Gasteiger partial charge in [0.1, 0.15) is 5.82 Å². The Morgan fingerprint density at radius 1 is 1.56 bits per heavy atom. The van der Waals surface area contributed by atoms with Gasteiger partial charge in [0.05, 0.1) is 5.56 Å². The summed E-state index contributed by atoms with van der Waals surface area (Å²) in [5, 5.41) is 6.17. The first-order chi connectivity index (χ1) is 8.72. The van der Waals surface area contributed by atoms with E-state index in [-0.39, 0.29) is 5.91 Å². The number of pyridine rings is 1. The van der Waals surface area contributed by atoms with Gasteiger partial charge in [-0.15, -0.1) is 0 Å². The lowest BCUT2D eigenvalue weighted by molar-refractivity contribution is 0.0952. The zero-order valence-corrected chi connectivity index (χ0v) is 11.1. The van der Waals surface area contributed by atoms with E-state index in [4.69, 9.17) is 0 Å². The van der Waals surface area contributed by atoms with Gasteiger partial charge in [-0.1, -0.05) is 13.8 Å². The smallest absolute Gasteiger partial charge is 0.255 e. The van der Waals surface area contributed by atoms with Crippen molar-refractivity contribution in [3.8, 4) is 0 Å². The number of carbonyl (C=O) groups is 1. The Morgan fingerprint density at radius 3 is 3.00 bits per heavy atom. The number of anilines is 1. The van der Waals surface area contributed by atoms with Crippen molar-refractivity contribution in [1.82, 2.24) is 10.3 Å². The molecule has 4 heteroatoms. The van der Waals surface area contributed by atoms with E-state index in [0.717, 1.165) is 25.4 Å². The Kier molecular flexibility index (Phi) is 4.18. The molecular formula is C14H21N3O. The molecule has 2 unspecified atom stereocenters. The van der Waals surface area contributed by atoms with Crippen molar-refractivity contribution in [3.63, 3.8) is 0 Å². The van der Waals surface area contributed by atoms with Gasteiger partial charge in [-0.05, 0) is 36.8 Å². The maximum atomic E-state index is 12.1. The highest BCUT2D eigenvalue weighted by Crippen LogP contribution is 2.36. The van der Waals surface area contributed by atoms with Crippen LogP contribution in [0, 0.1) is 11.8 Å². The molecule has 0 radical (unpaired) electrons. The molecule has 1 aliphatic carbocycles. The van der Waals surface area contributed by atoms with Gasteiger partial charge in [-0.25, -0.2) is 4.98 Å². The van der Waals surface area contributed by atoms with Crippen LogP contribution < -0.4 is 10.6 Å². The molecule has 0 spiro atoms. The number of rotatable bonds is 6. The summed E-state index contributed by atoms with van der Waals surface area (Å²) in [7, 11) is 0. The molecule has 18 heavy (non-hydrogen) atoms. The Labute approximate surface area is 108 Å². The van der Waals surface area contributed by atoms with Crippen molar-refractivity contribution in [2.24, 2.45) is 11.8 Å². The fourth-order valence-electron chi connectivity index (χ4n) is 1.98. The molecule has 1 aliphatic rings. The normalized spacial score (nSPS) is 21.4. The van der Waals surface area contributed by atoms with Crippen LogP contribution in [-0.2, 0) is 0 Å². The lowest BCUT2D eigenvalue weighted by atomic mass is 10.2. The number of carbonyl (C=O) groups excluding carboxylic acids is 1. The minimum atomic E-state index is -0.0270. The molecular weight excluding hydrogens is 226 g/mol. The van der Waals surface area contributed by atoms with Crippen LogP contribution in [0.4, 0.5) is 5.82 Å². The first kappa shape index (κ1) is 12.9. The van der Waals surface area contributed by atoms with Gasteiger partial charge < -0.3 is 10.6 Å². The summed E-state index contributed by atoms with van der Waals surface area (Å²) >= 11 is 0. The number of nitrogens with one attached hydrogen (secondary N) is 2. The van der Waals surface area contributed by atoms with E-state index in [1.54, 1.807) is 12.3 Å². The van der Waals surface area contributed by atoms with Crippen molar-refractivity contribution >= 4 is 11.7 Å². The molecule has 0 aliphatic heterocycles. The summed E-state index contributed by atoms with van der Waals surface area (Å²) in [6.07, 6.45) is 3.95. The molecule has 1 saturated carbocycles. The Morgan fingerprint density at radius 2 is 2.33 bits per heavy atom. The molecule has 2 atom stereocenters. The van der Waals surface area contributed by atoms with E-state index < -0.39 is 0 Å². The second kappa shape index (κ2) is 5.85. The second-order valence-corrected chi connectivity index (χ2v) is 5.01. The van der Waals surface area contributed by atoms with Crippen LogP contribution in [0.15, 0.2) is 18.3 Å². The summed E-state index contributed by atoms with van der Waals surface area (Å²) < 4.78 is 0. The number of hydrogen-bond acceptors (Lipinski definition) is 3. The molecule has 1 fully saturated rings. The quantitative estimate of drug-likeness (QED) is 0.811. The molecule has 0 saturated heterocycles. The molecule has 2 rings (SSSR count). The molecule has 1 amide bonds. The molecule has 1 aromatic rings. The van der Waals surface area contributed by atoms with E-state index in [9.17, 15) is 4.79 Å². The Balaban J connectivity index is 1.95. The number of amides is 1.